The Balaban J connectivity index is 2.10. The summed E-state index contributed by atoms with van der Waals surface area (Å²) in [6.45, 7) is 0.333. The number of carboxylic acids is 1. The van der Waals surface area contributed by atoms with Crippen LogP contribution in [-0.2, 0) is 6.54 Å². The number of anilines is 1. The van der Waals surface area contributed by atoms with Crippen LogP contribution in [-0.4, -0.2) is 11.1 Å². The van der Waals surface area contributed by atoms with Crippen molar-refractivity contribution in [3.63, 3.8) is 0 Å². The zero-order chi connectivity index (χ0) is 13.8. The molecule has 2 rings (SSSR count). The van der Waals surface area contributed by atoms with Gasteiger partial charge in [0.2, 0.25) is 0 Å². The molecule has 0 amide bonds. The summed E-state index contributed by atoms with van der Waals surface area (Å²) in [4.78, 5) is 10.8. The topological polar surface area (TPSA) is 49.3 Å². The van der Waals surface area contributed by atoms with E-state index in [-0.39, 0.29) is 5.56 Å². The van der Waals surface area contributed by atoms with Crippen LogP contribution < -0.4 is 5.32 Å². The minimum atomic E-state index is -0.987. The molecule has 2 aromatic rings. The Hall–Kier alpha value is -2.07. The summed E-state index contributed by atoms with van der Waals surface area (Å²) in [5.74, 6) is -1.43. The zero-order valence-corrected chi connectivity index (χ0v) is 10.6. The molecule has 0 atom stereocenters. The van der Waals surface area contributed by atoms with Crippen molar-refractivity contribution in [1.29, 1.82) is 0 Å². The molecular weight excluding hydrogens is 269 g/mol. The van der Waals surface area contributed by atoms with E-state index in [1.54, 1.807) is 30.3 Å². The van der Waals surface area contributed by atoms with Gasteiger partial charge in [0.1, 0.15) is 5.82 Å². The van der Waals surface area contributed by atoms with E-state index in [2.05, 4.69) is 5.32 Å². The number of aromatic carboxylic acids is 1. The van der Waals surface area contributed by atoms with Crippen LogP contribution in [0.25, 0.3) is 0 Å². The molecule has 98 valence electrons. The number of hydrogen-bond donors (Lipinski definition) is 2. The third kappa shape index (κ3) is 3.45. The second-order valence-corrected chi connectivity index (χ2v) is 4.42. The first-order chi connectivity index (χ1) is 9.06. The summed E-state index contributed by atoms with van der Waals surface area (Å²) in [5.41, 5.74) is 1.29. The highest BCUT2D eigenvalue weighted by Gasteiger charge is 2.05. The van der Waals surface area contributed by atoms with Crippen molar-refractivity contribution < 1.29 is 14.3 Å². The minimum absolute atomic E-state index is 0.205. The number of carbonyl (C=O) groups is 1. The summed E-state index contributed by atoms with van der Waals surface area (Å²) in [5, 5.41) is 12.1. The normalized spacial score (nSPS) is 10.2. The van der Waals surface area contributed by atoms with Gasteiger partial charge in [0.15, 0.2) is 0 Å². The lowest BCUT2D eigenvalue weighted by atomic mass is 10.1. The Kier molecular flexibility index (Phi) is 4.02. The van der Waals surface area contributed by atoms with Gasteiger partial charge >= 0.3 is 5.97 Å². The van der Waals surface area contributed by atoms with Gasteiger partial charge in [-0.1, -0.05) is 23.7 Å². The van der Waals surface area contributed by atoms with E-state index in [4.69, 9.17) is 16.7 Å². The molecule has 0 saturated heterocycles. The molecule has 3 nitrogen and oxygen atoms in total. The average molecular weight is 280 g/mol. The smallest absolute Gasteiger partial charge is 0.335 e. The highest BCUT2D eigenvalue weighted by atomic mass is 35.5. The van der Waals surface area contributed by atoms with Gasteiger partial charge in [-0.05, 0) is 35.9 Å². The Bertz CT molecular complexity index is 616. The first-order valence-corrected chi connectivity index (χ1v) is 5.95. The van der Waals surface area contributed by atoms with Crippen LogP contribution in [0.1, 0.15) is 15.9 Å². The van der Waals surface area contributed by atoms with Crippen molar-refractivity contribution in [2.45, 2.75) is 6.54 Å². The third-order valence-corrected chi connectivity index (χ3v) is 2.82. The number of benzene rings is 2. The van der Waals surface area contributed by atoms with Crippen molar-refractivity contribution >= 4 is 23.3 Å². The van der Waals surface area contributed by atoms with Gasteiger partial charge in [-0.25, -0.2) is 9.18 Å². The van der Waals surface area contributed by atoms with Gasteiger partial charge < -0.3 is 10.4 Å². The fraction of sp³-hybridized carbons (Fsp3) is 0.0714. The number of nitrogens with one attached hydrogen (secondary N) is 1. The molecule has 0 aromatic heterocycles. The summed E-state index contributed by atoms with van der Waals surface area (Å²) in [7, 11) is 0. The van der Waals surface area contributed by atoms with Crippen LogP contribution in [0.4, 0.5) is 10.1 Å². The maximum atomic E-state index is 13.5. The first-order valence-electron chi connectivity index (χ1n) is 5.57. The van der Waals surface area contributed by atoms with Crippen molar-refractivity contribution in [1.82, 2.24) is 0 Å². The maximum Gasteiger partial charge on any atom is 0.335 e. The molecule has 0 unspecified atom stereocenters. The Morgan fingerprint density at radius 2 is 2.05 bits per heavy atom. The predicted octanol–water partition coefficient (Wildman–Crippen LogP) is 3.79. The molecule has 2 N–H and O–H groups in total. The second kappa shape index (κ2) is 5.71. The third-order valence-electron chi connectivity index (χ3n) is 2.59. The number of carboxylic acid groups (broad SMARTS) is 1. The lowest BCUT2D eigenvalue weighted by molar-refractivity contribution is 0.0697. The minimum Gasteiger partial charge on any atom is -0.478 e. The van der Waals surface area contributed by atoms with Gasteiger partial charge in [0.05, 0.1) is 11.3 Å². The molecule has 19 heavy (non-hydrogen) atoms. The number of hydrogen-bond acceptors (Lipinski definition) is 2. The van der Waals surface area contributed by atoms with Gasteiger partial charge in [-0.3, -0.25) is 0 Å². The quantitative estimate of drug-likeness (QED) is 0.895. The molecule has 0 aliphatic rings. The Labute approximate surface area is 114 Å². The second-order valence-electron chi connectivity index (χ2n) is 3.98. The zero-order valence-electron chi connectivity index (χ0n) is 9.86. The van der Waals surface area contributed by atoms with Crippen molar-refractivity contribution in [2.24, 2.45) is 0 Å². The molecule has 0 saturated carbocycles. The highest BCUT2D eigenvalue weighted by Crippen LogP contribution is 2.19. The van der Waals surface area contributed by atoms with Crippen LogP contribution in [0.15, 0.2) is 42.5 Å². The largest absolute Gasteiger partial charge is 0.478 e. The number of halogens is 2. The summed E-state index contributed by atoms with van der Waals surface area (Å²) >= 11 is 5.66. The molecule has 0 spiro atoms. The summed E-state index contributed by atoms with van der Waals surface area (Å²) in [6.07, 6.45) is 0. The van der Waals surface area contributed by atoms with Gasteiger partial charge in [-0.2, -0.15) is 0 Å². The van der Waals surface area contributed by atoms with Crippen molar-refractivity contribution in [3.05, 3.63) is 64.4 Å². The molecule has 0 radical (unpaired) electrons. The Morgan fingerprint density at radius 1 is 1.26 bits per heavy atom. The first kappa shape index (κ1) is 13.4. The van der Waals surface area contributed by atoms with Crippen LogP contribution in [0, 0.1) is 5.82 Å². The SMILES string of the molecule is O=C(O)c1cccc(CNc2ccc(Cl)cc2F)c1. The molecular formula is C14H11ClFNO2. The molecule has 0 fully saturated rings. The van der Waals surface area contributed by atoms with E-state index in [1.165, 1.54) is 12.1 Å². The van der Waals surface area contributed by atoms with Gasteiger partial charge in [-0.15, -0.1) is 0 Å². The van der Waals surface area contributed by atoms with Gasteiger partial charge in [0.25, 0.3) is 0 Å². The standard InChI is InChI=1S/C14H11ClFNO2/c15-11-4-5-13(12(16)7-11)17-8-9-2-1-3-10(6-9)14(18)19/h1-7,17H,8H2,(H,18,19). The van der Waals surface area contributed by atoms with E-state index >= 15 is 0 Å². The van der Waals surface area contributed by atoms with E-state index in [9.17, 15) is 9.18 Å². The van der Waals surface area contributed by atoms with Crippen LogP contribution in [0.5, 0.6) is 0 Å². The molecule has 0 heterocycles. The molecule has 0 aliphatic heterocycles. The number of rotatable bonds is 4. The Morgan fingerprint density at radius 3 is 2.74 bits per heavy atom. The van der Waals surface area contributed by atoms with Crippen LogP contribution in [0.2, 0.25) is 5.02 Å². The van der Waals surface area contributed by atoms with Crippen LogP contribution >= 0.6 is 11.6 Å². The molecule has 5 heteroatoms. The van der Waals surface area contributed by atoms with Crippen LogP contribution in [0.3, 0.4) is 0 Å². The van der Waals surface area contributed by atoms with E-state index in [0.29, 0.717) is 17.3 Å². The van der Waals surface area contributed by atoms with E-state index < -0.39 is 11.8 Å². The highest BCUT2D eigenvalue weighted by molar-refractivity contribution is 6.30. The van der Waals surface area contributed by atoms with E-state index in [0.717, 1.165) is 5.56 Å². The van der Waals surface area contributed by atoms with Crippen molar-refractivity contribution in [3.8, 4) is 0 Å². The average Bonchev–Trinajstić information content (AvgIpc) is 2.38. The predicted molar refractivity (Wildman–Crippen MR) is 72.1 cm³/mol. The lowest BCUT2D eigenvalue weighted by Crippen LogP contribution is -2.03. The van der Waals surface area contributed by atoms with Crippen molar-refractivity contribution in [2.75, 3.05) is 5.32 Å². The summed E-state index contributed by atoms with van der Waals surface area (Å²) in [6, 6.07) is 10.8. The van der Waals surface area contributed by atoms with E-state index in [1.807, 2.05) is 0 Å². The fourth-order valence-electron chi connectivity index (χ4n) is 1.64. The summed E-state index contributed by atoms with van der Waals surface area (Å²) < 4.78 is 13.5. The molecule has 0 aliphatic carbocycles. The monoisotopic (exact) mass is 279 g/mol. The lowest BCUT2D eigenvalue weighted by Gasteiger charge is -2.08. The molecule has 2 aromatic carbocycles. The van der Waals surface area contributed by atoms with Gasteiger partial charge in [0, 0.05) is 11.6 Å². The molecule has 0 bridgehead atoms. The fourth-order valence-corrected chi connectivity index (χ4v) is 1.80. The maximum absolute atomic E-state index is 13.5.